The lowest BCUT2D eigenvalue weighted by atomic mass is 9.48. The van der Waals surface area contributed by atoms with Crippen molar-refractivity contribution in [3.8, 4) is 22.8 Å². The van der Waals surface area contributed by atoms with E-state index in [4.69, 9.17) is 23.4 Å². The fourth-order valence-corrected chi connectivity index (χ4v) is 11.8. The normalized spacial score (nSPS) is 39.5. The Bertz CT molecular complexity index is 1840. The summed E-state index contributed by atoms with van der Waals surface area (Å²) < 4.78 is 29.8. The number of aliphatic hydroxyl groups is 1. The molecule has 0 bridgehead atoms. The van der Waals surface area contributed by atoms with Crippen molar-refractivity contribution in [2.45, 2.75) is 103 Å². The van der Waals surface area contributed by atoms with Gasteiger partial charge >= 0.3 is 0 Å². The third-order valence-corrected chi connectivity index (χ3v) is 14.6. The predicted octanol–water partition coefficient (Wildman–Crippen LogP) is 9.19. The molecule has 274 valence electrons. The van der Waals surface area contributed by atoms with Gasteiger partial charge in [0.15, 0.2) is 22.9 Å². The van der Waals surface area contributed by atoms with Crippen molar-refractivity contribution in [2.24, 2.45) is 46.3 Å². The summed E-state index contributed by atoms with van der Waals surface area (Å²) in [6.45, 7) is 10.7. The second kappa shape index (κ2) is 13.1. The zero-order chi connectivity index (χ0) is 35.7. The number of hydrogen-bond acceptors (Lipinski definition) is 7. The minimum atomic E-state index is -0.303. The molecule has 1 N–H and O–H groups in total. The zero-order valence-electron chi connectivity index (χ0n) is 31.3. The van der Waals surface area contributed by atoms with Crippen molar-refractivity contribution < 1.29 is 28.5 Å². The first-order valence-electron chi connectivity index (χ1n) is 19.5. The summed E-state index contributed by atoms with van der Waals surface area (Å²) in [6, 6.07) is 14.6. The van der Waals surface area contributed by atoms with Crippen LogP contribution in [0.25, 0.3) is 22.3 Å². The van der Waals surface area contributed by atoms with Crippen LogP contribution in [0.1, 0.15) is 85.5 Å². The Morgan fingerprint density at radius 2 is 1.71 bits per heavy atom. The molecule has 3 saturated carbocycles. The number of aliphatic hydroxyl groups excluding tert-OH is 1. The number of fused-ring (bicyclic) bond motifs is 8. The molecule has 7 nitrogen and oxygen atoms in total. The maximum atomic E-state index is 12.6. The minimum absolute atomic E-state index is 0.0661. The molecule has 3 heterocycles. The highest BCUT2D eigenvalue weighted by Crippen LogP contribution is 2.69. The first kappa shape index (κ1) is 34.9. The summed E-state index contributed by atoms with van der Waals surface area (Å²) in [4.78, 5) is 12.6. The lowest BCUT2D eigenvalue weighted by molar-refractivity contribution is -0.272. The first-order chi connectivity index (χ1) is 24.5. The van der Waals surface area contributed by atoms with Crippen molar-refractivity contribution >= 4 is 11.0 Å². The average molecular weight is 697 g/mol. The monoisotopic (exact) mass is 696 g/mol. The lowest BCUT2D eigenvalue weighted by Crippen LogP contribution is -2.50. The molecule has 7 heteroatoms. The summed E-state index contributed by atoms with van der Waals surface area (Å²) >= 11 is 0. The van der Waals surface area contributed by atoms with E-state index in [0.29, 0.717) is 63.1 Å². The van der Waals surface area contributed by atoms with Crippen LogP contribution in [0, 0.1) is 46.3 Å². The summed E-state index contributed by atoms with van der Waals surface area (Å²) in [5.74, 6) is 4.80. The molecule has 51 heavy (non-hydrogen) atoms. The van der Waals surface area contributed by atoms with Gasteiger partial charge in [-0.1, -0.05) is 75.7 Å². The first-order valence-corrected chi connectivity index (χ1v) is 19.5. The molecule has 11 unspecified atom stereocenters. The van der Waals surface area contributed by atoms with Crippen molar-refractivity contribution in [2.75, 3.05) is 20.8 Å². The van der Waals surface area contributed by atoms with Gasteiger partial charge in [-0.3, -0.25) is 4.79 Å². The Labute approximate surface area is 302 Å². The van der Waals surface area contributed by atoms with E-state index in [2.05, 4.69) is 33.8 Å². The molecule has 3 aromatic rings. The lowest BCUT2D eigenvalue weighted by Gasteiger charge is -2.57. The largest absolute Gasteiger partial charge is 0.493 e. The molecule has 6 aliphatic rings. The third-order valence-electron chi connectivity index (χ3n) is 14.6. The van der Waals surface area contributed by atoms with Gasteiger partial charge in [0.2, 0.25) is 11.2 Å². The highest BCUT2D eigenvalue weighted by atomic mass is 16.7. The fourth-order valence-electron chi connectivity index (χ4n) is 11.8. The van der Waals surface area contributed by atoms with Crippen LogP contribution >= 0.6 is 0 Å². The quantitative estimate of drug-likeness (QED) is 0.273. The van der Waals surface area contributed by atoms with Gasteiger partial charge in [-0.2, -0.15) is 0 Å². The molecule has 4 aliphatic carbocycles. The van der Waals surface area contributed by atoms with Gasteiger partial charge in [0.05, 0.1) is 38.4 Å². The summed E-state index contributed by atoms with van der Waals surface area (Å²) in [5, 5.41) is 10.7. The third kappa shape index (κ3) is 5.51. The van der Waals surface area contributed by atoms with Crippen LogP contribution in [-0.2, 0) is 9.47 Å². The van der Waals surface area contributed by atoms with Gasteiger partial charge in [-0.05, 0) is 104 Å². The number of hydrogen-bond donors (Lipinski definition) is 1. The smallest absolute Gasteiger partial charge is 0.235 e. The number of methoxy groups -OCH3 is 2. The van der Waals surface area contributed by atoms with E-state index in [0.717, 1.165) is 43.3 Å². The Balaban J connectivity index is 0.000000157. The van der Waals surface area contributed by atoms with Crippen molar-refractivity contribution in [1.82, 2.24) is 0 Å². The second-order valence-electron chi connectivity index (χ2n) is 17.2. The average Bonchev–Trinajstić information content (AvgIpc) is 3.59. The van der Waals surface area contributed by atoms with Crippen LogP contribution in [0.15, 0.2) is 69.4 Å². The van der Waals surface area contributed by atoms with Crippen LogP contribution in [0.3, 0.4) is 0 Å². The van der Waals surface area contributed by atoms with E-state index in [-0.39, 0.29) is 23.1 Å². The van der Waals surface area contributed by atoms with E-state index >= 15 is 0 Å². The van der Waals surface area contributed by atoms with Gasteiger partial charge in [-0.25, -0.2) is 0 Å². The number of ether oxygens (including phenoxy) is 4. The van der Waals surface area contributed by atoms with Crippen LogP contribution < -0.4 is 14.9 Å². The van der Waals surface area contributed by atoms with Crippen molar-refractivity contribution in [1.29, 1.82) is 0 Å². The molecule has 0 radical (unpaired) electrons. The Morgan fingerprint density at radius 3 is 2.43 bits per heavy atom. The Hall–Kier alpha value is -3.13. The molecule has 2 aromatic carbocycles. The van der Waals surface area contributed by atoms with Crippen LogP contribution in [0.4, 0.5) is 0 Å². The number of rotatable bonds is 3. The van der Waals surface area contributed by atoms with Crippen LogP contribution in [0.2, 0.25) is 0 Å². The highest BCUT2D eigenvalue weighted by Gasteiger charge is 2.67. The fraction of sp³-hybridized carbons (Fsp3) is 0.614. The Kier molecular flexibility index (Phi) is 8.95. The number of allylic oxidation sites excluding steroid dienone is 2. The van der Waals surface area contributed by atoms with Gasteiger partial charge in [0.1, 0.15) is 0 Å². The zero-order valence-corrected chi connectivity index (χ0v) is 31.3. The van der Waals surface area contributed by atoms with Crippen LogP contribution in [0.5, 0.6) is 11.5 Å². The van der Waals surface area contributed by atoms with Crippen molar-refractivity contribution in [3.63, 3.8) is 0 Å². The maximum absolute atomic E-state index is 12.6. The van der Waals surface area contributed by atoms with Gasteiger partial charge < -0.3 is 28.5 Å². The maximum Gasteiger partial charge on any atom is 0.235 e. The van der Waals surface area contributed by atoms with Gasteiger partial charge in [0.25, 0.3) is 0 Å². The Morgan fingerprint density at radius 1 is 0.902 bits per heavy atom. The molecule has 2 aliphatic heterocycles. The molecule has 2 saturated heterocycles. The number of benzene rings is 2. The van der Waals surface area contributed by atoms with Crippen LogP contribution in [-0.4, -0.2) is 43.9 Å². The second-order valence-corrected chi connectivity index (χ2v) is 17.2. The van der Waals surface area contributed by atoms with Gasteiger partial charge in [-0.15, -0.1) is 0 Å². The number of para-hydroxylation sites is 1. The molecule has 1 aromatic heterocycles. The summed E-state index contributed by atoms with van der Waals surface area (Å²) in [6.07, 6.45) is 13.6. The minimum Gasteiger partial charge on any atom is -0.493 e. The van der Waals surface area contributed by atoms with E-state index in [1.54, 1.807) is 30.9 Å². The summed E-state index contributed by atoms with van der Waals surface area (Å²) in [7, 11) is 3.01. The molecular weight excluding hydrogens is 640 g/mol. The molecule has 9 rings (SSSR count). The van der Waals surface area contributed by atoms with E-state index in [9.17, 15) is 9.90 Å². The summed E-state index contributed by atoms with van der Waals surface area (Å²) in [5.41, 5.74) is 3.45. The van der Waals surface area contributed by atoms with Gasteiger partial charge in [0, 0.05) is 17.9 Å². The molecule has 5 fully saturated rings. The SMILES string of the molecule is CC1CCC2(OC1)OC1CC3C4CCC5CC(O)CCC5(C)C4=CCC3(C)C1C2C.COc1c(-c2ccccc2)oc2c(OC)cccc2c1=O. The highest BCUT2D eigenvalue weighted by molar-refractivity contribution is 5.86. The topological polar surface area (TPSA) is 87.4 Å². The molecule has 1 spiro atoms. The van der Waals surface area contributed by atoms with Crippen molar-refractivity contribution in [3.05, 3.63) is 70.4 Å². The molecular formula is C44H56O7. The van der Waals surface area contributed by atoms with E-state index < -0.39 is 0 Å². The molecule has 11 atom stereocenters. The predicted molar refractivity (Wildman–Crippen MR) is 199 cm³/mol. The molecule has 0 amide bonds. The van der Waals surface area contributed by atoms with E-state index in [1.165, 1.54) is 45.6 Å². The standard InChI is InChI=1S/C27H42O3.C17H14O4/c1-16-7-12-27(29-15-16)17(2)24-23(30-27)14-22-20-6-5-18-13-19(28)8-10-25(18,3)21(20)9-11-26(22,24)4;1-19-13-10-6-9-12-14(18)17(20-2)15(21-16(12)13)11-7-4-3-5-8-11/h9,16-20,22-24,28H,5-8,10-15H2,1-4H3;3-10H,1-2H3. The van der Waals surface area contributed by atoms with E-state index in [1.807, 2.05) is 30.3 Å².